The fourth-order valence-corrected chi connectivity index (χ4v) is 3.61. The molecule has 204 valence electrons. The Morgan fingerprint density at radius 1 is 0.706 bits per heavy atom. The van der Waals surface area contributed by atoms with Crippen LogP contribution in [0, 0.1) is 0 Å². The van der Waals surface area contributed by atoms with E-state index in [2.05, 4.69) is 32.9 Å². The van der Waals surface area contributed by atoms with Gasteiger partial charge in [-0.15, -0.1) is 0 Å². The Morgan fingerprint density at radius 3 is 1.65 bits per heavy atom. The zero-order chi connectivity index (χ0) is 25.7. The Hall–Kier alpha value is -0.910. The van der Waals surface area contributed by atoms with E-state index in [1.54, 1.807) is 0 Å². The van der Waals surface area contributed by atoms with E-state index >= 15 is 0 Å². The third-order valence-electron chi connectivity index (χ3n) is 5.95. The maximum Gasteiger partial charge on any atom is 0.306 e. The first-order valence-electron chi connectivity index (χ1n) is 14.3. The van der Waals surface area contributed by atoms with Crippen molar-refractivity contribution in [2.45, 2.75) is 155 Å². The van der Waals surface area contributed by atoms with Gasteiger partial charge in [-0.25, -0.2) is 0 Å². The quantitative estimate of drug-likeness (QED) is 0.0803. The lowest BCUT2D eigenvalue weighted by Crippen LogP contribution is -2.17. The van der Waals surface area contributed by atoms with Crippen LogP contribution < -0.4 is 0 Å². The van der Waals surface area contributed by atoms with E-state index in [1.807, 2.05) is 0 Å². The standard InChI is InChI=1S/C26H50O2.C3H8O3/c1-4-7-9-10-11-12-13-14-15-16-17-18-19-20-22-24-26(27)28-25(6-3)23-21-8-5-2;4-1-3(6)2-5/h14-15,25H,4-13,16-24H2,1-3H3;3-6H,1-2H2/b15-14-;. The number of allylic oxidation sites excluding steroid dienone is 2. The molecule has 0 fully saturated rings. The number of esters is 1. The molecular weight excluding hydrogens is 428 g/mol. The Kier molecular flexibility index (Phi) is 31.2. The predicted molar refractivity (Wildman–Crippen MR) is 144 cm³/mol. The molecule has 0 rings (SSSR count). The molecule has 34 heavy (non-hydrogen) atoms. The lowest BCUT2D eigenvalue weighted by molar-refractivity contribution is -0.149. The number of hydrogen-bond acceptors (Lipinski definition) is 5. The summed E-state index contributed by atoms with van der Waals surface area (Å²) in [6, 6.07) is 0. The normalized spacial score (nSPS) is 12.1. The van der Waals surface area contributed by atoms with Gasteiger partial charge in [0, 0.05) is 6.42 Å². The van der Waals surface area contributed by atoms with Crippen LogP contribution in [-0.4, -0.2) is 46.7 Å². The van der Waals surface area contributed by atoms with E-state index in [9.17, 15) is 4.79 Å². The van der Waals surface area contributed by atoms with Gasteiger partial charge in [0.15, 0.2) is 0 Å². The van der Waals surface area contributed by atoms with Gasteiger partial charge in [-0.05, 0) is 51.4 Å². The molecule has 0 aromatic rings. The zero-order valence-corrected chi connectivity index (χ0v) is 22.8. The first kappa shape index (κ1) is 35.3. The topological polar surface area (TPSA) is 87.0 Å². The molecule has 0 amide bonds. The van der Waals surface area contributed by atoms with Gasteiger partial charge in [0.25, 0.3) is 0 Å². The minimum Gasteiger partial charge on any atom is -0.462 e. The van der Waals surface area contributed by atoms with Crippen molar-refractivity contribution < 1.29 is 24.9 Å². The van der Waals surface area contributed by atoms with E-state index in [1.165, 1.54) is 89.9 Å². The van der Waals surface area contributed by atoms with Gasteiger partial charge in [-0.2, -0.15) is 0 Å². The summed E-state index contributed by atoms with van der Waals surface area (Å²) in [6.45, 7) is 5.87. The molecule has 0 radical (unpaired) electrons. The second-order valence-electron chi connectivity index (χ2n) is 9.37. The molecule has 0 spiro atoms. The summed E-state index contributed by atoms with van der Waals surface area (Å²) in [7, 11) is 0. The molecular formula is C29H58O5. The highest BCUT2D eigenvalue weighted by atomic mass is 16.5. The minimum absolute atomic E-state index is 0.0148. The van der Waals surface area contributed by atoms with Gasteiger partial charge in [0.2, 0.25) is 0 Å². The maximum atomic E-state index is 11.9. The van der Waals surface area contributed by atoms with Crippen LogP contribution in [0.4, 0.5) is 0 Å². The van der Waals surface area contributed by atoms with Crippen molar-refractivity contribution in [2.24, 2.45) is 0 Å². The van der Waals surface area contributed by atoms with Gasteiger partial charge in [-0.3, -0.25) is 4.79 Å². The number of ether oxygens (including phenoxy) is 1. The fourth-order valence-electron chi connectivity index (χ4n) is 3.61. The first-order chi connectivity index (χ1) is 16.5. The van der Waals surface area contributed by atoms with E-state index in [-0.39, 0.29) is 25.3 Å². The van der Waals surface area contributed by atoms with Gasteiger partial charge >= 0.3 is 5.97 Å². The largest absolute Gasteiger partial charge is 0.462 e. The van der Waals surface area contributed by atoms with Gasteiger partial charge < -0.3 is 20.1 Å². The summed E-state index contributed by atoms with van der Waals surface area (Å²) >= 11 is 0. The van der Waals surface area contributed by atoms with Crippen molar-refractivity contribution in [2.75, 3.05) is 13.2 Å². The average Bonchev–Trinajstić information content (AvgIpc) is 2.85. The van der Waals surface area contributed by atoms with Crippen molar-refractivity contribution in [1.82, 2.24) is 0 Å². The number of carbonyl (C=O) groups is 1. The van der Waals surface area contributed by atoms with Crippen LogP contribution in [0.5, 0.6) is 0 Å². The summed E-state index contributed by atoms with van der Waals surface area (Å²) in [6.07, 6.45) is 26.9. The Morgan fingerprint density at radius 2 is 1.18 bits per heavy atom. The molecule has 0 saturated carbocycles. The molecule has 5 nitrogen and oxygen atoms in total. The summed E-state index contributed by atoms with van der Waals surface area (Å²) in [5, 5.41) is 24.0. The molecule has 0 aliphatic carbocycles. The van der Waals surface area contributed by atoms with Crippen LogP contribution in [0.3, 0.4) is 0 Å². The Balaban J connectivity index is 0. The van der Waals surface area contributed by atoms with Gasteiger partial charge in [0.05, 0.1) is 13.2 Å². The van der Waals surface area contributed by atoms with Crippen LogP contribution in [0.25, 0.3) is 0 Å². The SMILES string of the molecule is CCCCCCCC/C=C\CCCCCCCC(=O)OC(CC)CCCCC.OCC(O)CO. The molecule has 5 heteroatoms. The first-order valence-corrected chi connectivity index (χ1v) is 14.3. The van der Waals surface area contributed by atoms with Crippen LogP contribution in [0.1, 0.15) is 143 Å². The number of rotatable bonds is 23. The highest BCUT2D eigenvalue weighted by molar-refractivity contribution is 5.69. The second kappa shape index (κ2) is 30.1. The van der Waals surface area contributed by atoms with E-state index in [4.69, 9.17) is 20.1 Å². The summed E-state index contributed by atoms with van der Waals surface area (Å²) in [5.41, 5.74) is 0. The molecule has 1 atom stereocenters. The van der Waals surface area contributed by atoms with Crippen LogP contribution >= 0.6 is 0 Å². The monoisotopic (exact) mass is 486 g/mol. The Bertz CT molecular complexity index is 421. The third kappa shape index (κ3) is 29.1. The summed E-state index contributed by atoms with van der Waals surface area (Å²) in [5.74, 6) is 0.0148. The molecule has 0 aromatic carbocycles. The zero-order valence-electron chi connectivity index (χ0n) is 22.8. The maximum absolute atomic E-state index is 11.9. The van der Waals surface area contributed by atoms with Crippen LogP contribution in [0.15, 0.2) is 12.2 Å². The molecule has 1 unspecified atom stereocenters. The lowest BCUT2D eigenvalue weighted by atomic mass is 10.1. The van der Waals surface area contributed by atoms with E-state index < -0.39 is 6.10 Å². The van der Waals surface area contributed by atoms with Crippen molar-refractivity contribution in [3.8, 4) is 0 Å². The minimum atomic E-state index is -0.954. The predicted octanol–water partition coefficient (Wildman–Crippen LogP) is 7.26. The van der Waals surface area contributed by atoms with Gasteiger partial charge in [-0.1, -0.05) is 97.1 Å². The fraction of sp³-hybridized carbons (Fsp3) is 0.897. The highest BCUT2D eigenvalue weighted by Crippen LogP contribution is 2.13. The van der Waals surface area contributed by atoms with E-state index in [0.717, 1.165) is 25.7 Å². The number of hydrogen-bond donors (Lipinski definition) is 3. The summed E-state index contributed by atoms with van der Waals surface area (Å²) < 4.78 is 5.62. The molecule has 0 aliphatic rings. The molecule has 0 aromatic heterocycles. The average molecular weight is 487 g/mol. The number of aliphatic hydroxyl groups is 3. The van der Waals surface area contributed by atoms with Crippen molar-refractivity contribution in [3.63, 3.8) is 0 Å². The number of aliphatic hydroxyl groups excluding tert-OH is 3. The van der Waals surface area contributed by atoms with Crippen molar-refractivity contribution >= 4 is 5.97 Å². The Labute approximate surface area is 211 Å². The molecule has 0 heterocycles. The molecule has 0 aliphatic heterocycles. The van der Waals surface area contributed by atoms with Crippen LogP contribution in [0.2, 0.25) is 0 Å². The highest BCUT2D eigenvalue weighted by Gasteiger charge is 2.11. The molecule has 0 bridgehead atoms. The van der Waals surface area contributed by atoms with Crippen molar-refractivity contribution in [1.29, 1.82) is 0 Å². The van der Waals surface area contributed by atoms with Gasteiger partial charge in [0.1, 0.15) is 12.2 Å². The number of carbonyl (C=O) groups excluding carboxylic acids is 1. The molecule has 3 N–H and O–H groups in total. The smallest absolute Gasteiger partial charge is 0.306 e. The summed E-state index contributed by atoms with van der Waals surface area (Å²) in [4.78, 5) is 11.9. The lowest BCUT2D eigenvalue weighted by Gasteiger charge is -2.16. The molecule has 0 saturated heterocycles. The van der Waals surface area contributed by atoms with Crippen LogP contribution in [-0.2, 0) is 9.53 Å². The van der Waals surface area contributed by atoms with Crippen molar-refractivity contribution in [3.05, 3.63) is 12.2 Å². The second-order valence-corrected chi connectivity index (χ2v) is 9.37. The number of unbranched alkanes of at least 4 members (excludes halogenated alkanes) is 13. The van der Waals surface area contributed by atoms with E-state index in [0.29, 0.717) is 6.42 Å². The third-order valence-corrected chi connectivity index (χ3v) is 5.95.